The van der Waals surface area contributed by atoms with Crippen molar-refractivity contribution in [2.45, 2.75) is 0 Å². The van der Waals surface area contributed by atoms with Crippen LogP contribution in [-0.2, 0) is 0 Å². The molecule has 1 heterocycles. The van der Waals surface area contributed by atoms with Gasteiger partial charge in [-0.2, -0.15) is 0 Å². The van der Waals surface area contributed by atoms with Gasteiger partial charge < -0.3 is 5.11 Å². The molecule has 0 amide bonds. The average Bonchev–Trinajstić information content (AvgIpc) is 1.90. The van der Waals surface area contributed by atoms with E-state index in [9.17, 15) is 0 Å². The summed E-state index contributed by atoms with van der Waals surface area (Å²) in [6.45, 7) is 3.64. The van der Waals surface area contributed by atoms with Gasteiger partial charge in [0.05, 0.1) is 0 Å². The van der Waals surface area contributed by atoms with Crippen molar-refractivity contribution in [1.29, 1.82) is 0 Å². The summed E-state index contributed by atoms with van der Waals surface area (Å²) >= 11 is -0.0917. The van der Waals surface area contributed by atoms with Crippen molar-refractivity contribution in [3.05, 3.63) is 34.1 Å². The van der Waals surface area contributed by atoms with E-state index in [4.69, 9.17) is 5.11 Å². The third-order valence-corrected chi connectivity index (χ3v) is 3.37. The molecule has 0 atom stereocenters. The topological polar surface area (TPSA) is 20.2 Å². The molecule has 0 aromatic carbocycles. The Hall–Kier alpha value is -0.380. The first-order chi connectivity index (χ1) is 4.33. The molecule has 0 spiro atoms. The first-order valence-corrected chi connectivity index (χ1v) is 4.85. The van der Waals surface area contributed by atoms with Crippen LogP contribution in [0.2, 0.25) is 0 Å². The van der Waals surface area contributed by atoms with Crippen LogP contribution in [0.25, 0.3) is 0 Å². The monoisotopic (exact) mass is 234 g/mol. The molecule has 0 saturated heterocycles. The predicted octanol–water partition coefficient (Wildman–Crippen LogP) is 2.28. The summed E-state index contributed by atoms with van der Waals surface area (Å²) in [5, 5.41) is 8.88. The summed E-state index contributed by atoms with van der Waals surface area (Å²) in [6, 6.07) is 0. The van der Waals surface area contributed by atoms with Crippen molar-refractivity contribution < 1.29 is 5.11 Å². The number of aliphatic hydroxyl groups excluding tert-OH is 1. The van der Waals surface area contributed by atoms with Crippen LogP contribution < -0.4 is 0 Å². The molecule has 0 aromatic heterocycles. The Morgan fingerprint density at radius 1 is 1.56 bits per heavy atom. The largest absolute Gasteiger partial charge is 0.508 e. The van der Waals surface area contributed by atoms with Gasteiger partial charge in [0.25, 0.3) is 0 Å². The first-order valence-electron chi connectivity index (χ1n) is 2.53. The van der Waals surface area contributed by atoms with E-state index in [0.29, 0.717) is 5.76 Å². The zero-order chi connectivity index (χ0) is 6.69. The minimum absolute atomic E-state index is 0.0917. The highest BCUT2D eigenvalue weighted by Gasteiger charge is 1.91. The second-order valence-electron chi connectivity index (χ2n) is 1.57. The number of hydrogen-bond donors (Lipinski definition) is 1. The maximum Gasteiger partial charge on any atom is 0.121 e. The van der Waals surface area contributed by atoms with E-state index in [1.54, 1.807) is 6.08 Å². The Morgan fingerprint density at radius 3 is 2.78 bits per heavy atom. The van der Waals surface area contributed by atoms with Crippen molar-refractivity contribution in [2.24, 2.45) is 0 Å². The van der Waals surface area contributed by atoms with Gasteiger partial charge in [0.15, 0.2) is 0 Å². The van der Waals surface area contributed by atoms with E-state index in [1.165, 1.54) is 3.58 Å². The molecule has 0 radical (unpaired) electrons. The van der Waals surface area contributed by atoms with Crippen LogP contribution in [0.5, 0.6) is 0 Å². The fourth-order valence-electron chi connectivity index (χ4n) is 0.469. The fourth-order valence-corrected chi connectivity index (χ4v) is 2.00. The molecular formula is C7H7IO. The standard InChI is InChI=1S/C7H7IO/c1-2-6-3-4-7(9)5-8-6/h2-5,9H,1H2. The second kappa shape index (κ2) is 2.96. The highest BCUT2D eigenvalue weighted by Crippen LogP contribution is 2.19. The minimum atomic E-state index is -0.0917. The predicted molar refractivity (Wildman–Crippen MR) is 49.1 cm³/mol. The van der Waals surface area contributed by atoms with Crippen LogP contribution in [0.3, 0.4) is 0 Å². The summed E-state index contributed by atoms with van der Waals surface area (Å²) in [4.78, 5) is 0. The molecule has 1 aliphatic heterocycles. The lowest BCUT2D eigenvalue weighted by Crippen LogP contribution is -1.81. The van der Waals surface area contributed by atoms with Crippen LogP contribution >= 0.6 is 20.7 Å². The molecule has 0 unspecified atom stereocenters. The summed E-state index contributed by atoms with van der Waals surface area (Å²) in [7, 11) is 0. The maximum absolute atomic E-state index is 8.88. The zero-order valence-corrected chi connectivity index (χ0v) is 7.00. The van der Waals surface area contributed by atoms with E-state index in [2.05, 4.69) is 6.58 Å². The number of aliphatic hydroxyl groups is 1. The van der Waals surface area contributed by atoms with Crippen LogP contribution in [-0.4, -0.2) is 9.12 Å². The molecule has 1 rings (SSSR count). The minimum Gasteiger partial charge on any atom is -0.508 e. The van der Waals surface area contributed by atoms with Gasteiger partial charge in [-0.25, -0.2) is 0 Å². The smallest absolute Gasteiger partial charge is 0.121 e. The van der Waals surface area contributed by atoms with Crippen LogP contribution in [0.15, 0.2) is 34.1 Å². The zero-order valence-electron chi connectivity index (χ0n) is 4.84. The number of hydrogen-bond acceptors (Lipinski definition) is 1. The van der Waals surface area contributed by atoms with Gasteiger partial charge in [-0.05, 0) is 12.2 Å². The Bertz CT molecular complexity index is 211. The molecule has 0 aromatic rings. The van der Waals surface area contributed by atoms with E-state index in [-0.39, 0.29) is 20.7 Å². The third-order valence-electron chi connectivity index (χ3n) is 0.901. The molecule has 0 bridgehead atoms. The molecular weight excluding hydrogens is 227 g/mol. The maximum atomic E-state index is 8.88. The highest BCUT2D eigenvalue weighted by molar-refractivity contribution is 14.2. The van der Waals surface area contributed by atoms with E-state index in [0.717, 1.165) is 0 Å². The number of rotatable bonds is 1. The van der Waals surface area contributed by atoms with E-state index in [1.807, 2.05) is 16.2 Å². The lowest BCUT2D eigenvalue weighted by atomic mass is 10.4. The number of allylic oxidation sites excluding steroid dienone is 5. The lowest BCUT2D eigenvalue weighted by Gasteiger charge is -1.95. The van der Waals surface area contributed by atoms with Gasteiger partial charge >= 0.3 is 0 Å². The molecule has 1 nitrogen and oxygen atoms in total. The van der Waals surface area contributed by atoms with Crippen LogP contribution in [0, 0.1) is 0 Å². The fraction of sp³-hybridized carbons (Fsp3) is 0. The quantitative estimate of drug-likeness (QED) is 0.690. The Kier molecular flexibility index (Phi) is 2.22. The second-order valence-corrected chi connectivity index (χ2v) is 4.06. The Balaban J connectivity index is 2.86. The average molecular weight is 234 g/mol. The molecule has 0 fully saturated rings. The molecule has 9 heavy (non-hydrogen) atoms. The lowest BCUT2D eigenvalue weighted by molar-refractivity contribution is 0.448. The van der Waals surface area contributed by atoms with Crippen molar-refractivity contribution in [2.75, 3.05) is 0 Å². The molecule has 48 valence electrons. The summed E-state index contributed by atoms with van der Waals surface area (Å²) in [6.07, 6.45) is 5.45. The molecule has 1 N–H and O–H groups in total. The Labute approximate surface area is 64.1 Å². The van der Waals surface area contributed by atoms with Gasteiger partial charge in [-0.1, -0.05) is 33.4 Å². The summed E-state index contributed by atoms with van der Waals surface area (Å²) < 4.78 is 3.13. The van der Waals surface area contributed by atoms with Gasteiger partial charge in [0.1, 0.15) is 5.76 Å². The summed E-state index contributed by atoms with van der Waals surface area (Å²) in [5.74, 6) is 0.397. The van der Waals surface area contributed by atoms with Crippen molar-refractivity contribution in [3.8, 4) is 0 Å². The van der Waals surface area contributed by atoms with Gasteiger partial charge in [0, 0.05) is 7.59 Å². The number of halogens is 1. The summed E-state index contributed by atoms with van der Waals surface area (Å²) in [5.41, 5.74) is 0. The van der Waals surface area contributed by atoms with Gasteiger partial charge in [0.2, 0.25) is 0 Å². The van der Waals surface area contributed by atoms with Crippen LogP contribution in [0.4, 0.5) is 0 Å². The van der Waals surface area contributed by atoms with Crippen molar-refractivity contribution in [3.63, 3.8) is 0 Å². The molecule has 0 aliphatic carbocycles. The molecule has 0 saturated carbocycles. The van der Waals surface area contributed by atoms with E-state index >= 15 is 0 Å². The SMILES string of the molecule is C=CC1=CC=C(O)C=I1. The highest BCUT2D eigenvalue weighted by atomic mass is 127. The molecule has 2 heteroatoms. The third kappa shape index (κ3) is 1.78. The van der Waals surface area contributed by atoms with Crippen molar-refractivity contribution >= 4 is 24.7 Å². The van der Waals surface area contributed by atoms with Crippen molar-refractivity contribution in [1.82, 2.24) is 0 Å². The van der Waals surface area contributed by atoms with Gasteiger partial charge in [-0.3, -0.25) is 0 Å². The van der Waals surface area contributed by atoms with E-state index < -0.39 is 0 Å². The normalized spacial score (nSPS) is 17.3. The first kappa shape index (κ1) is 6.74. The van der Waals surface area contributed by atoms with Crippen LogP contribution in [0.1, 0.15) is 0 Å². The van der Waals surface area contributed by atoms with Gasteiger partial charge in [-0.15, -0.1) is 0 Å². The Morgan fingerprint density at radius 2 is 2.33 bits per heavy atom. The molecule has 1 aliphatic rings.